The van der Waals surface area contributed by atoms with Crippen LogP contribution in [0, 0.1) is 5.92 Å². The second kappa shape index (κ2) is 6.47. The molecule has 1 heteroatoms. The molecule has 0 radical (unpaired) electrons. The molecule has 0 aliphatic carbocycles. The minimum Gasteiger partial charge on any atom is -0.375 e. The summed E-state index contributed by atoms with van der Waals surface area (Å²) in [6, 6.07) is 0. The lowest BCUT2D eigenvalue weighted by molar-refractivity contribution is 0.0403. The monoisotopic (exact) mass is 172 g/mol. The summed E-state index contributed by atoms with van der Waals surface area (Å²) in [7, 11) is 0. The first-order valence-electron chi connectivity index (χ1n) is 5.39. The Labute approximate surface area is 77.5 Å². The van der Waals surface area contributed by atoms with Gasteiger partial charge in [0.15, 0.2) is 0 Å². The molecule has 74 valence electrons. The minimum atomic E-state index is 0.506. The van der Waals surface area contributed by atoms with Crippen molar-refractivity contribution < 1.29 is 4.74 Å². The van der Waals surface area contributed by atoms with E-state index >= 15 is 0 Å². The van der Waals surface area contributed by atoms with Crippen LogP contribution < -0.4 is 0 Å². The van der Waals surface area contributed by atoms with Crippen molar-refractivity contribution in [2.45, 2.75) is 66.1 Å². The molecule has 0 saturated carbocycles. The van der Waals surface area contributed by atoms with E-state index in [0.29, 0.717) is 12.2 Å². The number of rotatable bonds is 2. The minimum absolute atomic E-state index is 0.506. The first-order valence-corrected chi connectivity index (χ1v) is 5.39. The van der Waals surface area contributed by atoms with Gasteiger partial charge in [0.25, 0.3) is 0 Å². The van der Waals surface area contributed by atoms with Gasteiger partial charge >= 0.3 is 0 Å². The van der Waals surface area contributed by atoms with Crippen LogP contribution in [0.5, 0.6) is 0 Å². The Morgan fingerprint density at radius 1 is 1.25 bits per heavy atom. The van der Waals surface area contributed by atoms with Crippen molar-refractivity contribution in [1.29, 1.82) is 0 Å². The summed E-state index contributed by atoms with van der Waals surface area (Å²) in [4.78, 5) is 0. The number of hydrogen-bond acceptors (Lipinski definition) is 1. The molecule has 2 unspecified atom stereocenters. The maximum absolute atomic E-state index is 5.71. The molecule has 1 nitrogen and oxygen atoms in total. The van der Waals surface area contributed by atoms with Crippen molar-refractivity contribution in [3.8, 4) is 0 Å². The molecular formula is C11H24O. The van der Waals surface area contributed by atoms with Crippen LogP contribution in [0.25, 0.3) is 0 Å². The lowest BCUT2D eigenvalue weighted by atomic mass is 9.99. The molecule has 1 saturated heterocycles. The molecular weight excluding hydrogens is 148 g/mol. The molecule has 1 heterocycles. The number of ether oxygens (including phenoxy) is 1. The molecule has 0 bridgehead atoms. The first kappa shape index (κ1) is 12.0. The molecule has 0 aromatic carbocycles. The Morgan fingerprint density at radius 3 is 2.17 bits per heavy atom. The van der Waals surface area contributed by atoms with E-state index in [4.69, 9.17) is 4.74 Å². The van der Waals surface area contributed by atoms with Gasteiger partial charge in [0.2, 0.25) is 0 Å². The van der Waals surface area contributed by atoms with Crippen LogP contribution in [0.15, 0.2) is 0 Å². The summed E-state index contributed by atoms with van der Waals surface area (Å²) in [6.07, 6.45) is 4.81. The van der Waals surface area contributed by atoms with Gasteiger partial charge in [-0.3, -0.25) is 0 Å². The quantitative estimate of drug-likeness (QED) is 0.618. The van der Waals surface area contributed by atoms with E-state index < -0.39 is 0 Å². The van der Waals surface area contributed by atoms with Gasteiger partial charge in [0.1, 0.15) is 0 Å². The molecule has 1 fully saturated rings. The van der Waals surface area contributed by atoms with Gasteiger partial charge < -0.3 is 4.74 Å². The molecule has 3 atom stereocenters. The standard InChI is InChI=1S/C9H18O.C2H6/c1-4-5-9-7(2)6-8(3)10-9;1-2/h7-9H,4-6H2,1-3H3;1-2H3/t7-,8?,9?;/m1./s1. The second-order valence-electron chi connectivity index (χ2n) is 3.49. The van der Waals surface area contributed by atoms with Crippen LogP contribution in [0.2, 0.25) is 0 Å². The van der Waals surface area contributed by atoms with Crippen LogP contribution in [-0.4, -0.2) is 12.2 Å². The van der Waals surface area contributed by atoms with Crippen molar-refractivity contribution in [2.75, 3.05) is 0 Å². The van der Waals surface area contributed by atoms with Gasteiger partial charge in [-0.25, -0.2) is 0 Å². The largest absolute Gasteiger partial charge is 0.375 e. The Kier molecular flexibility index (Phi) is 6.45. The van der Waals surface area contributed by atoms with Crippen LogP contribution >= 0.6 is 0 Å². The molecule has 12 heavy (non-hydrogen) atoms. The highest BCUT2D eigenvalue weighted by atomic mass is 16.5. The van der Waals surface area contributed by atoms with Crippen molar-refractivity contribution in [1.82, 2.24) is 0 Å². The number of hydrogen-bond donors (Lipinski definition) is 0. The third-order valence-corrected chi connectivity index (χ3v) is 2.32. The predicted octanol–water partition coefficient (Wildman–Crippen LogP) is 3.63. The summed E-state index contributed by atoms with van der Waals surface area (Å²) < 4.78 is 5.71. The van der Waals surface area contributed by atoms with Crippen molar-refractivity contribution in [3.63, 3.8) is 0 Å². The van der Waals surface area contributed by atoms with Crippen LogP contribution in [0.1, 0.15) is 53.9 Å². The molecule has 1 aliphatic heterocycles. The molecule has 0 N–H and O–H groups in total. The zero-order chi connectivity index (χ0) is 9.56. The third kappa shape index (κ3) is 3.57. The summed E-state index contributed by atoms with van der Waals surface area (Å²) in [6.45, 7) is 10.7. The van der Waals surface area contributed by atoms with Gasteiger partial charge in [-0.1, -0.05) is 34.1 Å². The van der Waals surface area contributed by atoms with E-state index in [-0.39, 0.29) is 0 Å². The zero-order valence-electron chi connectivity index (χ0n) is 9.26. The summed E-state index contributed by atoms with van der Waals surface area (Å²) in [5.41, 5.74) is 0. The molecule has 0 amide bonds. The Hall–Kier alpha value is -0.0400. The zero-order valence-corrected chi connectivity index (χ0v) is 9.26. The van der Waals surface area contributed by atoms with Gasteiger partial charge in [-0.05, 0) is 25.7 Å². The van der Waals surface area contributed by atoms with Gasteiger partial charge in [-0.15, -0.1) is 0 Å². The molecule has 1 rings (SSSR count). The van der Waals surface area contributed by atoms with E-state index in [1.54, 1.807) is 0 Å². The van der Waals surface area contributed by atoms with E-state index in [2.05, 4.69) is 20.8 Å². The van der Waals surface area contributed by atoms with E-state index in [1.165, 1.54) is 19.3 Å². The Bertz CT molecular complexity index is 101. The van der Waals surface area contributed by atoms with Crippen molar-refractivity contribution >= 4 is 0 Å². The average Bonchev–Trinajstić information content (AvgIpc) is 2.35. The topological polar surface area (TPSA) is 9.23 Å². The van der Waals surface area contributed by atoms with Crippen LogP contribution in [-0.2, 0) is 4.74 Å². The summed E-state index contributed by atoms with van der Waals surface area (Å²) >= 11 is 0. The smallest absolute Gasteiger partial charge is 0.0605 e. The highest BCUT2D eigenvalue weighted by Gasteiger charge is 2.28. The van der Waals surface area contributed by atoms with Crippen LogP contribution in [0.3, 0.4) is 0 Å². The maximum Gasteiger partial charge on any atom is 0.0605 e. The molecule has 0 spiro atoms. The fourth-order valence-electron chi connectivity index (χ4n) is 1.80. The SMILES string of the molecule is CC.CCCC1OC(C)C[C@H]1C. The average molecular weight is 172 g/mol. The van der Waals surface area contributed by atoms with Gasteiger partial charge in [0.05, 0.1) is 12.2 Å². The maximum atomic E-state index is 5.71. The highest BCUT2D eigenvalue weighted by molar-refractivity contribution is 4.76. The molecule has 0 aromatic rings. The molecule has 0 aromatic heterocycles. The Balaban J connectivity index is 0.000000561. The van der Waals surface area contributed by atoms with Crippen molar-refractivity contribution in [3.05, 3.63) is 0 Å². The highest BCUT2D eigenvalue weighted by Crippen LogP contribution is 2.28. The summed E-state index contributed by atoms with van der Waals surface area (Å²) in [5.74, 6) is 0.787. The first-order chi connectivity index (χ1) is 5.74. The lowest BCUT2D eigenvalue weighted by Gasteiger charge is -2.12. The summed E-state index contributed by atoms with van der Waals surface area (Å²) in [5, 5.41) is 0. The normalized spacial score (nSPS) is 34.2. The van der Waals surface area contributed by atoms with E-state index in [0.717, 1.165) is 5.92 Å². The third-order valence-electron chi connectivity index (χ3n) is 2.32. The van der Waals surface area contributed by atoms with E-state index in [9.17, 15) is 0 Å². The fourth-order valence-corrected chi connectivity index (χ4v) is 1.80. The van der Waals surface area contributed by atoms with Gasteiger partial charge in [0, 0.05) is 0 Å². The van der Waals surface area contributed by atoms with Crippen LogP contribution in [0.4, 0.5) is 0 Å². The van der Waals surface area contributed by atoms with Gasteiger partial charge in [-0.2, -0.15) is 0 Å². The fraction of sp³-hybridized carbons (Fsp3) is 1.00. The predicted molar refractivity (Wildman–Crippen MR) is 54.4 cm³/mol. The molecule has 1 aliphatic rings. The van der Waals surface area contributed by atoms with E-state index in [1.807, 2.05) is 13.8 Å². The lowest BCUT2D eigenvalue weighted by Crippen LogP contribution is -2.12. The second-order valence-corrected chi connectivity index (χ2v) is 3.49. The van der Waals surface area contributed by atoms with Crippen molar-refractivity contribution in [2.24, 2.45) is 5.92 Å². The Morgan fingerprint density at radius 2 is 1.83 bits per heavy atom.